The molecular formula is C13H15BrN2O3. The summed E-state index contributed by atoms with van der Waals surface area (Å²) in [5.74, 6) is -1.13. The maximum absolute atomic E-state index is 11.9. The maximum atomic E-state index is 11.9. The predicted octanol–water partition coefficient (Wildman–Crippen LogP) is 1.55. The number of hydrogen-bond acceptors (Lipinski definition) is 3. The molecule has 1 aromatic carbocycles. The van der Waals surface area contributed by atoms with Gasteiger partial charge in [-0.25, -0.2) is 0 Å². The number of anilines is 1. The van der Waals surface area contributed by atoms with Gasteiger partial charge in [0.25, 0.3) is 0 Å². The van der Waals surface area contributed by atoms with Gasteiger partial charge in [0, 0.05) is 23.2 Å². The van der Waals surface area contributed by atoms with E-state index >= 15 is 0 Å². The van der Waals surface area contributed by atoms with Crippen LogP contribution in [0.2, 0.25) is 0 Å². The first-order valence-corrected chi connectivity index (χ1v) is 6.81. The predicted molar refractivity (Wildman–Crippen MR) is 74.9 cm³/mol. The van der Waals surface area contributed by atoms with E-state index in [-0.39, 0.29) is 0 Å². The lowest BCUT2D eigenvalue weighted by molar-refractivity contribution is -0.145. The molecule has 0 unspecified atom stereocenters. The van der Waals surface area contributed by atoms with E-state index in [1.165, 1.54) is 4.90 Å². The lowest BCUT2D eigenvalue weighted by Gasteiger charge is -2.26. The maximum Gasteiger partial charge on any atom is 0.313 e. The molecule has 2 rings (SSSR count). The fourth-order valence-electron chi connectivity index (χ4n) is 1.77. The third-order valence-electron chi connectivity index (χ3n) is 2.92. The Labute approximate surface area is 120 Å². The standard InChI is InChI=1S/C13H15BrN2O3/c1-9-2-3-10(8-11(9)14)15-12(17)13(18)16-4-6-19-7-5-16/h2-3,8H,4-7H2,1H3,(H,15,17). The van der Waals surface area contributed by atoms with Crippen LogP contribution >= 0.6 is 15.9 Å². The third kappa shape index (κ3) is 3.54. The number of ether oxygens (including phenoxy) is 1. The number of carbonyl (C=O) groups is 2. The van der Waals surface area contributed by atoms with Gasteiger partial charge < -0.3 is 15.0 Å². The van der Waals surface area contributed by atoms with Crippen LogP contribution in [0.15, 0.2) is 22.7 Å². The molecule has 0 radical (unpaired) electrons. The number of halogens is 1. The summed E-state index contributed by atoms with van der Waals surface area (Å²) in [7, 11) is 0. The highest BCUT2D eigenvalue weighted by atomic mass is 79.9. The number of aryl methyl sites for hydroxylation is 1. The smallest absolute Gasteiger partial charge is 0.313 e. The summed E-state index contributed by atoms with van der Waals surface area (Å²) in [5, 5.41) is 2.61. The van der Waals surface area contributed by atoms with Gasteiger partial charge in [-0.3, -0.25) is 9.59 Å². The van der Waals surface area contributed by atoms with Gasteiger partial charge in [-0.05, 0) is 24.6 Å². The van der Waals surface area contributed by atoms with Crippen LogP contribution in [0.3, 0.4) is 0 Å². The fraction of sp³-hybridized carbons (Fsp3) is 0.385. The first kappa shape index (κ1) is 14.0. The molecule has 0 spiro atoms. The zero-order valence-electron chi connectivity index (χ0n) is 10.6. The van der Waals surface area contributed by atoms with Crippen molar-refractivity contribution in [3.63, 3.8) is 0 Å². The molecule has 0 aliphatic carbocycles. The van der Waals surface area contributed by atoms with Crippen molar-refractivity contribution in [2.24, 2.45) is 0 Å². The second kappa shape index (κ2) is 6.16. The van der Waals surface area contributed by atoms with Crippen molar-refractivity contribution in [1.82, 2.24) is 4.90 Å². The minimum Gasteiger partial charge on any atom is -0.378 e. The van der Waals surface area contributed by atoms with Gasteiger partial charge in [-0.1, -0.05) is 22.0 Å². The lowest BCUT2D eigenvalue weighted by atomic mass is 10.2. The quantitative estimate of drug-likeness (QED) is 0.797. The Kier molecular flexibility index (Phi) is 4.55. The monoisotopic (exact) mass is 326 g/mol. The van der Waals surface area contributed by atoms with E-state index in [1.54, 1.807) is 12.1 Å². The lowest BCUT2D eigenvalue weighted by Crippen LogP contribution is -2.45. The van der Waals surface area contributed by atoms with E-state index in [9.17, 15) is 9.59 Å². The summed E-state index contributed by atoms with van der Waals surface area (Å²) >= 11 is 3.39. The number of rotatable bonds is 1. The SMILES string of the molecule is Cc1ccc(NC(=O)C(=O)N2CCOCC2)cc1Br. The van der Waals surface area contributed by atoms with Crippen molar-refractivity contribution < 1.29 is 14.3 Å². The van der Waals surface area contributed by atoms with E-state index < -0.39 is 11.8 Å². The highest BCUT2D eigenvalue weighted by Gasteiger charge is 2.23. The Hall–Kier alpha value is -1.40. The highest BCUT2D eigenvalue weighted by molar-refractivity contribution is 9.10. The summed E-state index contributed by atoms with van der Waals surface area (Å²) in [6.07, 6.45) is 0. The van der Waals surface area contributed by atoms with E-state index in [4.69, 9.17) is 4.74 Å². The zero-order chi connectivity index (χ0) is 13.8. The molecule has 0 bridgehead atoms. The molecule has 1 aliphatic heterocycles. The van der Waals surface area contributed by atoms with Crippen LogP contribution in [0, 0.1) is 6.92 Å². The largest absolute Gasteiger partial charge is 0.378 e. The summed E-state index contributed by atoms with van der Waals surface area (Å²) in [5.41, 5.74) is 1.67. The van der Waals surface area contributed by atoms with Crippen molar-refractivity contribution in [3.05, 3.63) is 28.2 Å². The van der Waals surface area contributed by atoms with Gasteiger partial charge in [0.2, 0.25) is 0 Å². The van der Waals surface area contributed by atoms with Gasteiger partial charge in [-0.15, -0.1) is 0 Å². The highest BCUT2D eigenvalue weighted by Crippen LogP contribution is 2.20. The van der Waals surface area contributed by atoms with Crippen molar-refractivity contribution in [1.29, 1.82) is 0 Å². The van der Waals surface area contributed by atoms with Gasteiger partial charge >= 0.3 is 11.8 Å². The summed E-state index contributed by atoms with van der Waals surface area (Å²) in [6.45, 7) is 3.84. The van der Waals surface area contributed by atoms with Crippen LogP contribution in [0.25, 0.3) is 0 Å². The molecule has 0 saturated carbocycles. The number of amides is 2. The molecular weight excluding hydrogens is 312 g/mol. The fourth-order valence-corrected chi connectivity index (χ4v) is 2.14. The van der Waals surface area contributed by atoms with Crippen molar-refractivity contribution in [2.75, 3.05) is 31.6 Å². The molecule has 2 amide bonds. The Bertz CT molecular complexity index is 499. The van der Waals surface area contributed by atoms with Crippen LogP contribution < -0.4 is 5.32 Å². The van der Waals surface area contributed by atoms with Crippen LogP contribution in [0.5, 0.6) is 0 Å². The van der Waals surface area contributed by atoms with Crippen molar-refractivity contribution in [2.45, 2.75) is 6.92 Å². The molecule has 6 heteroatoms. The summed E-state index contributed by atoms with van der Waals surface area (Å²) in [4.78, 5) is 25.3. The third-order valence-corrected chi connectivity index (χ3v) is 3.78. The van der Waals surface area contributed by atoms with Crippen LogP contribution in [0.1, 0.15) is 5.56 Å². The molecule has 0 atom stereocenters. The van der Waals surface area contributed by atoms with Crippen molar-refractivity contribution >= 4 is 33.4 Å². The molecule has 1 heterocycles. The first-order valence-electron chi connectivity index (χ1n) is 6.02. The second-order valence-electron chi connectivity index (χ2n) is 4.32. The number of nitrogens with zero attached hydrogens (tertiary/aromatic N) is 1. The molecule has 1 N–H and O–H groups in total. The van der Waals surface area contributed by atoms with Gasteiger partial charge in [0.1, 0.15) is 0 Å². The van der Waals surface area contributed by atoms with E-state index in [1.807, 2.05) is 13.0 Å². The average molecular weight is 327 g/mol. The zero-order valence-corrected chi connectivity index (χ0v) is 12.2. The van der Waals surface area contributed by atoms with E-state index in [0.717, 1.165) is 10.0 Å². The average Bonchev–Trinajstić information content (AvgIpc) is 2.43. The first-order chi connectivity index (χ1) is 9.08. The summed E-state index contributed by atoms with van der Waals surface area (Å²) < 4.78 is 6.04. The Morgan fingerprint density at radius 2 is 2.00 bits per heavy atom. The van der Waals surface area contributed by atoms with Crippen LogP contribution in [0.4, 0.5) is 5.69 Å². The van der Waals surface area contributed by atoms with Gasteiger partial charge in [-0.2, -0.15) is 0 Å². The van der Waals surface area contributed by atoms with E-state index in [0.29, 0.717) is 32.0 Å². The second-order valence-corrected chi connectivity index (χ2v) is 5.18. The molecule has 5 nitrogen and oxygen atoms in total. The molecule has 1 aliphatic rings. The Balaban J connectivity index is 1.99. The normalized spacial score (nSPS) is 15.2. The minimum absolute atomic E-state index is 0.462. The Morgan fingerprint density at radius 3 is 2.63 bits per heavy atom. The Morgan fingerprint density at radius 1 is 1.32 bits per heavy atom. The minimum atomic E-state index is -0.613. The van der Waals surface area contributed by atoms with Crippen LogP contribution in [-0.2, 0) is 14.3 Å². The number of nitrogens with one attached hydrogen (secondary N) is 1. The number of morpholine rings is 1. The summed E-state index contributed by atoms with van der Waals surface area (Å²) in [6, 6.07) is 5.42. The van der Waals surface area contributed by atoms with Crippen LogP contribution in [-0.4, -0.2) is 43.0 Å². The number of hydrogen-bond donors (Lipinski definition) is 1. The number of carbonyl (C=O) groups excluding carboxylic acids is 2. The molecule has 1 aromatic rings. The molecule has 102 valence electrons. The molecule has 0 aromatic heterocycles. The molecule has 1 saturated heterocycles. The topological polar surface area (TPSA) is 58.6 Å². The van der Waals surface area contributed by atoms with E-state index in [2.05, 4.69) is 21.2 Å². The number of benzene rings is 1. The van der Waals surface area contributed by atoms with Crippen molar-refractivity contribution in [3.8, 4) is 0 Å². The van der Waals surface area contributed by atoms with Gasteiger partial charge in [0.15, 0.2) is 0 Å². The molecule has 1 fully saturated rings. The van der Waals surface area contributed by atoms with Gasteiger partial charge in [0.05, 0.1) is 13.2 Å². The molecule has 19 heavy (non-hydrogen) atoms.